The molecule has 0 aliphatic rings. The fraction of sp³-hybridized carbons (Fsp3) is 0.357. The fourth-order valence-electron chi connectivity index (χ4n) is 1.95. The number of ether oxygens (including phenoxy) is 1. The summed E-state index contributed by atoms with van der Waals surface area (Å²) in [6.45, 7) is 1.69. The van der Waals surface area contributed by atoms with Crippen LogP contribution < -0.4 is 10.5 Å². The lowest BCUT2D eigenvalue weighted by Gasteiger charge is -2.22. The maximum Gasteiger partial charge on any atom is 0.266 e. The van der Waals surface area contributed by atoms with Crippen LogP contribution in [0.5, 0.6) is 5.75 Å². The molecule has 0 saturated carbocycles. The number of likely N-dealkylation sites (N-methyl/N-ethyl adjacent to an activating group) is 1. The summed E-state index contributed by atoms with van der Waals surface area (Å²) in [5, 5.41) is 9.92. The molecule has 3 N–H and O–H groups in total. The molecule has 1 aromatic heterocycles. The van der Waals surface area contributed by atoms with Crippen LogP contribution in [0, 0.1) is 0 Å². The van der Waals surface area contributed by atoms with Crippen LogP contribution >= 0.6 is 11.3 Å². The molecule has 0 radical (unpaired) electrons. The largest absolute Gasteiger partial charge is 0.496 e. The first kappa shape index (κ1) is 14.6. The minimum atomic E-state index is -0.256. The van der Waals surface area contributed by atoms with E-state index >= 15 is 0 Å². The summed E-state index contributed by atoms with van der Waals surface area (Å²) in [7, 11) is 3.23. The number of nitrogens with zero attached hydrogens (tertiary/aromatic N) is 1. The number of carbonyl (C=O) groups excluding carboxylic acids is 1. The van der Waals surface area contributed by atoms with Gasteiger partial charge >= 0.3 is 0 Å². The van der Waals surface area contributed by atoms with Crippen molar-refractivity contribution >= 4 is 33.0 Å². The molecule has 0 saturated heterocycles. The molecular weight excluding hydrogens is 276 g/mol. The second kappa shape index (κ2) is 5.68. The van der Waals surface area contributed by atoms with Crippen LogP contribution in [0.2, 0.25) is 0 Å². The van der Waals surface area contributed by atoms with Crippen molar-refractivity contribution in [3.63, 3.8) is 0 Å². The van der Waals surface area contributed by atoms with E-state index in [1.54, 1.807) is 21.1 Å². The molecule has 6 heteroatoms. The predicted molar refractivity (Wildman–Crippen MR) is 81.4 cm³/mol. The van der Waals surface area contributed by atoms with Gasteiger partial charge in [0.15, 0.2) is 0 Å². The number of benzene rings is 1. The minimum absolute atomic E-state index is 0.0869. The van der Waals surface area contributed by atoms with Crippen molar-refractivity contribution in [2.24, 2.45) is 0 Å². The van der Waals surface area contributed by atoms with Crippen LogP contribution in [0.4, 0.5) is 5.69 Å². The first-order chi connectivity index (χ1) is 9.51. The van der Waals surface area contributed by atoms with Gasteiger partial charge in [0, 0.05) is 11.7 Å². The van der Waals surface area contributed by atoms with E-state index in [4.69, 9.17) is 15.6 Å². The Morgan fingerprint density at radius 2 is 2.25 bits per heavy atom. The first-order valence-electron chi connectivity index (χ1n) is 6.24. The third kappa shape index (κ3) is 2.32. The van der Waals surface area contributed by atoms with Crippen LogP contribution in [0.15, 0.2) is 18.2 Å². The maximum absolute atomic E-state index is 12.4. The van der Waals surface area contributed by atoms with Crippen molar-refractivity contribution in [3.05, 3.63) is 23.1 Å². The van der Waals surface area contributed by atoms with Gasteiger partial charge in [-0.05, 0) is 19.1 Å². The maximum atomic E-state index is 12.4. The lowest BCUT2D eigenvalue weighted by Crippen LogP contribution is -2.37. The number of hydrogen-bond donors (Lipinski definition) is 2. The molecule has 0 aliphatic carbocycles. The number of nitrogen functional groups attached to an aromatic ring is 1. The zero-order valence-electron chi connectivity index (χ0n) is 11.7. The zero-order valence-corrected chi connectivity index (χ0v) is 12.5. The normalized spacial score (nSPS) is 12.4. The van der Waals surface area contributed by atoms with Crippen LogP contribution in [-0.4, -0.2) is 42.7 Å². The number of carbonyl (C=O) groups is 1. The predicted octanol–water partition coefficient (Wildman–Crippen LogP) is 1.94. The average Bonchev–Trinajstić information content (AvgIpc) is 2.82. The Hall–Kier alpha value is -1.79. The summed E-state index contributed by atoms with van der Waals surface area (Å²) in [5.74, 6) is 0.473. The van der Waals surface area contributed by atoms with Crippen LogP contribution in [0.25, 0.3) is 10.1 Å². The highest BCUT2D eigenvalue weighted by atomic mass is 32.1. The summed E-state index contributed by atoms with van der Waals surface area (Å²) in [5.41, 5.74) is 6.55. The van der Waals surface area contributed by atoms with Crippen LogP contribution in [0.3, 0.4) is 0 Å². The van der Waals surface area contributed by atoms with Gasteiger partial charge in [-0.1, -0.05) is 6.07 Å². The molecule has 1 aromatic carbocycles. The lowest BCUT2D eigenvalue weighted by atomic mass is 10.2. The third-order valence-electron chi connectivity index (χ3n) is 3.37. The Morgan fingerprint density at radius 3 is 2.85 bits per heavy atom. The smallest absolute Gasteiger partial charge is 0.266 e. The van der Waals surface area contributed by atoms with E-state index in [2.05, 4.69) is 0 Å². The second-order valence-electron chi connectivity index (χ2n) is 4.63. The fourth-order valence-corrected chi connectivity index (χ4v) is 3.07. The molecule has 0 spiro atoms. The van der Waals surface area contributed by atoms with E-state index in [0.29, 0.717) is 16.3 Å². The third-order valence-corrected chi connectivity index (χ3v) is 4.53. The van der Waals surface area contributed by atoms with E-state index < -0.39 is 0 Å². The molecule has 2 aromatic rings. The van der Waals surface area contributed by atoms with Crippen molar-refractivity contribution in [2.75, 3.05) is 26.5 Å². The summed E-state index contributed by atoms with van der Waals surface area (Å²) in [6.07, 6.45) is 0. The first-order valence-corrected chi connectivity index (χ1v) is 7.05. The summed E-state index contributed by atoms with van der Waals surface area (Å²) < 4.78 is 6.20. The van der Waals surface area contributed by atoms with Gasteiger partial charge in [0.05, 0.1) is 30.8 Å². The quantitative estimate of drug-likeness (QED) is 0.903. The summed E-state index contributed by atoms with van der Waals surface area (Å²) >= 11 is 1.34. The number of anilines is 1. The van der Waals surface area contributed by atoms with E-state index in [9.17, 15) is 4.79 Å². The number of rotatable bonds is 4. The highest BCUT2D eigenvalue weighted by molar-refractivity contribution is 7.21. The monoisotopic (exact) mass is 294 g/mol. The topological polar surface area (TPSA) is 75.8 Å². The average molecular weight is 294 g/mol. The number of hydrogen-bond acceptors (Lipinski definition) is 5. The molecule has 1 heterocycles. The molecule has 0 bridgehead atoms. The van der Waals surface area contributed by atoms with Crippen molar-refractivity contribution in [1.82, 2.24) is 4.90 Å². The van der Waals surface area contributed by atoms with Crippen molar-refractivity contribution in [1.29, 1.82) is 0 Å². The van der Waals surface area contributed by atoms with Gasteiger partial charge in [-0.2, -0.15) is 0 Å². The highest BCUT2D eigenvalue weighted by Gasteiger charge is 2.23. The van der Waals surface area contributed by atoms with Gasteiger partial charge < -0.3 is 20.5 Å². The number of fused-ring (bicyclic) bond motifs is 1. The molecule has 1 atom stereocenters. The molecule has 5 nitrogen and oxygen atoms in total. The SMILES string of the molecule is COc1cccc2sc(C(=O)N(C)C(C)CO)c(N)c12. The standard InChI is InChI=1S/C14H18N2O3S/c1-8(7-17)16(2)14(18)13-12(15)11-9(19-3)5-4-6-10(11)20-13/h4-6,8,17H,7,15H2,1-3H3. The van der Waals surface area contributed by atoms with Gasteiger partial charge in [0.2, 0.25) is 0 Å². The van der Waals surface area contributed by atoms with Gasteiger partial charge in [-0.25, -0.2) is 0 Å². The number of nitrogens with two attached hydrogens (primary N) is 1. The highest BCUT2D eigenvalue weighted by Crippen LogP contribution is 2.39. The zero-order chi connectivity index (χ0) is 14.9. The number of aliphatic hydroxyl groups is 1. The van der Waals surface area contributed by atoms with Gasteiger partial charge in [0.1, 0.15) is 10.6 Å². The Morgan fingerprint density at radius 1 is 1.55 bits per heavy atom. The summed E-state index contributed by atoms with van der Waals surface area (Å²) in [6, 6.07) is 5.34. The molecule has 1 unspecified atom stereocenters. The molecule has 108 valence electrons. The Kier molecular flexibility index (Phi) is 4.15. The molecule has 1 amide bonds. The molecule has 0 fully saturated rings. The lowest BCUT2D eigenvalue weighted by molar-refractivity contribution is 0.0688. The Balaban J connectivity index is 2.51. The van der Waals surface area contributed by atoms with Gasteiger partial charge in [-0.15, -0.1) is 11.3 Å². The molecule has 0 aliphatic heterocycles. The van der Waals surface area contributed by atoms with Crippen LogP contribution in [-0.2, 0) is 0 Å². The second-order valence-corrected chi connectivity index (χ2v) is 5.68. The van der Waals surface area contributed by atoms with Crippen LogP contribution in [0.1, 0.15) is 16.6 Å². The summed E-state index contributed by atoms with van der Waals surface area (Å²) in [4.78, 5) is 14.4. The van der Waals surface area contributed by atoms with Gasteiger partial charge in [0.25, 0.3) is 5.91 Å². The van der Waals surface area contributed by atoms with Crippen molar-refractivity contribution in [2.45, 2.75) is 13.0 Å². The number of thiophene rings is 1. The number of methoxy groups -OCH3 is 1. The Bertz CT molecular complexity index is 639. The Labute approximate surface area is 121 Å². The number of amides is 1. The van der Waals surface area contributed by atoms with E-state index in [1.807, 2.05) is 18.2 Å². The van der Waals surface area contributed by atoms with E-state index in [0.717, 1.165) is 10.1 Å². The molecule has 20 heavy (non-hydrogen) atoms. The molecular formula is C14H18N2O3S. The minimum Gasteiger partial charge on any atom is -0.496 e. The van der Waals surface area contributed by atoms with Crippen molar-refractivity contribution < 1.29 is 14.6 Å². The van der Waals surface area contributed by atoms with Gasteiger partial charge in [-0.3, -0.25) is 4.79 Å². The van der Waals surface area contributed by atoms with E-state index in [-0.39, 0.29) is 18.6 Å². The molecule has 2 rings (SSSR count). The van der Waals surface area contributed by atoms with E-state index in [1.165, 1.54) is 16.2 Å². The number of aliphatic hydroxyl groups excluding tert-OH is 1. The van der Waals surface area contributed by atoms with Crippen molar-refractivity contribution in [3.8, 4) is 5.75 Å².